The maximum atomic E-state index is 9.45. The summed E-state index contributed by atoms with van der Waals surface area (Å²) in [5, 5.41) is 9.45. The zero-order chi connectivity index (χ0) is 15.9. The van der Waals surface area contributed by atoms with E-state index in [0.29, 0.717) is 17.9 Å². The van der Waals surface area contributed by atoms with E-state index in [-0.39, 0.29) is 0 Å². The number of halogens is 2. The van der Waals surface area contributed by atoms with Crippen LogP contribution < -0.4 is 4.74 Å². The minimum absolute atomic E-state index is 0.397. The van der Waals surface area contributed by atoms with Crippen molar-refractivity contribution in [3.8, 4) is 11.8 Å². The van der Waals surface area contributed by atoms with E-state index in [2.05, 4.69) is 44.5 Å². The lowest BCUT2D eigenvalue weighted by Crippen LogP contribution is -1.96. The number of hydrogen-bond donors (Lipinski definition) is 0. The fraction of sp³-hybridized carbons (Fsp3) is 0.0556. The highest BCUT2D eigenvalue weighted by Crippen LogP contribution is 2.35. The van der Waals surface area contributed by atoms with Gasteiger partial charge in [0.1, 0.15) is 12.4 Å². The first-order valence-corrected chi connectivity index (χ1v) is 8.14. The normalized spacial score (nSPS) is 10.9. The van der Waals surface area contributed by atoms with E-state index in [4.69, 9.17) is 4.74 Å². The third-order valence-electron chi connectivity index (χ3n) is 2.89. The van der Waals surface area contributed by atoms with E-state index in [1.807, 2.05) is 48.5 Å². The third-order valence-corrected chi connectivity index (χ3v) is 3.93. The largest absolute Gasteiger partial charge is 0.488 e. The molecule has 2 aromatic carbocycles. The highest BCUT2D eigenvalue weighted by Gasteiger charge is 2.10. The molecule has 0 spiro atoms. The Morgan fingerprint density at radius 3 is 2.59 bits per heavy atom. The van der Waals surface area contributed by atoms with Crippen molar-refractivity contribution in [1.29, 1.82) is 5.26 Å². The first kappa shape index (κ1) is 16.5. The van der Waals surface area contributed by atoms with Crippen LogP contribution in [0, 0.1) is 11.3 Å². The standard InChI is InChI=1S/C18H13Br2NO/c1-2-8-22-18-14(10-16(19)11-17(18)20)9-15(12-21)13-6-4-3-5-7-13/h2-7,9-11H,1,8H2/b15-9+. The molecular formula is C18H13Br2NO. The molecule has 0 amide bonds. The topological polar surface area (TPSA) is 33.0 Å². The van der Waals surface area contributed by atoms with Crippen molar-refractivity contribution in [2.75, 3.05) is 6.61 Å². The number of allylic oxidation sites excluding steroid dienone is 1. The van der Waals surface area contributed by atoms with E-state index < -0.39 is 0 Å². The summed E-state index contributed by atoms with van der Waals surface area (Å²) in [6, 6.07) is 15.6. The number of hydrogen-bond acceptors (Lipinski definition) is 2. The van der Waals surface area contributed by atoms with Gasteiger partial charge in [-0.2, -0.15) is 5.26 Å². The van der Waals surface area contributed by atoms with E-state index >= 15 is 0 Å². The minimum Gasteiger partial charge on any atom is -0.488 e. The summed E-state index contributed by atoms with van der Waals surface area (Å²) in [7, 11) is 0. The van der Waals surface area contributed by atoms with Crippen molar-refractivity contribution in [2.45, 2.75) is 0 Å². The van der Waals surface area contributed by atoms with Crippen LogP contribution in [-0.2, 0) is 0 Å². The second-order valence-electron chi connectivity index (χ2n) is 4.44. The van der Waals surface area contributed by atoms with Gasteiger partial charge in [0.15, 0.2) is 0 Å². The maximum Gasteiger partial charge on any atom is 0.141 e. The molecule has 0 atom stereocenters. The minimum atomic E-state index is 0.397. The molecule has 0 aliphatic carbocycles. The summed E-state index contributed by atoms with van der Waals surface area (Å²) >= 11 is 6.96. The van der Waals surface area contributed by atoms with E-state index in [9.17, 15) is 5.26 Å². The first-order chi connectivity index (χ1) is 10.7. The predicted molar refractivity (Wildman–Crippen MR) is 97.5 cm³/mol. The summed E-state index contributed by atoms with van der Waals surface area (Å²) in [6.07, 6.45) is 3.51. The molecule has 4 heteroatoms. The van der Waals surface area contributed by atoms with Gasteiger partial charge in [-0.25, -0.2) is 0 Å². The fourth-order valence-corrected chi connectivity index (χ4v) is 3.31. The zero-order valence-corrected chi connectivity index (χ0v) is 14.9. The molecule has 0 saturated heterocycles. The molecule has 0 fully saturated rings. The van der Waals surface area contributed by atoms with Gasteiger partial charge in [-0.1, -0.05) is 58.9 Å². The van der Waals surface area contributed by atoms with Gasteiger partial charge in [0.25, 0.3) is 0 Å². The van der Waals surface area contributed by atoms with Crippen molar-refractivity contribution < 1.29 is 4.74 Å². The summed E-state index contributed by atoms with van der Waals surface area (Å²) in [6.45, 7) is 4.06. The number of nitriles is 1. The maximum absolute atomic E-state index is 9.45. The molecule has 0 aromatic heterocycles. The van der Waals surface area contributed by atoms with Crippen molar-refractivity contribution in [3.05, 3.63) is 75.2 Å². The van der Waals surface area contributed by atoms with Gasteiger partial charge in [0, 0.05) is 10.0 Å². The Kier molecular flexibility index (Phi) is 6.00. The lowest BCUT2D eigenvalue weighted by Gasteiger charge is -2.11. The van der Waals surface area contributed by atoms with Crippen molar-refractivity contribution in [3.63, 3.8) is 0 Å². The van der Waals surface area contributed by atoms with Crippen LogP contribution in [0.2, 0.25) is 0 Å². The average Bonchev–Trinajstić information content (AvgIpc) is 2.52. The summed E-state index contributed by atoms with van der Waals surface area (Å²) in [5.41, 5.74) is 2.27. The molecule has 0 heterocycles. The molecule has 0 N–H and O–H groups in total. The SMILES string of the molecule is C=CCOc1c(Br)cc(Br)cc1/C=C(\C#N)c1ccccc1. The monoisotopic (exact) mass is 417 g/mol. The number of nitrogens with zero attached hydrogens (tertiary/aromatic N) is 1. The average molecular weight is 419 g/mol. The van der Waals surface area contributed by atoms with Gasteiger partial charge in [0.05, 0.1) is 16.1 Å². The lowest BCUT2D eigenvalue weighted by atomic mass is 10.0. The van der Waals surface area contributed by atoms with Crippen LogP contribution in [0.5, 0.6) is 5.75 Å². The van der Waals surface area contributed by atoms with Gasteiger partial charge in [-0.05, 0) is 39.7 Å². The number of ether oxygens (including phenoxy) is 1. The van der Waals surface area contributed by atoms with E-state index in [1.165, 1.54) is 0 Å². The molecule has 0 bridgehead atoms. The first-order valence-electron chi connectivity index (χ1n) is 6.55. The van der Waals surface area contributed by atoms with E-state index in [1.54, 1.807) is 6.08 Å². The fourth-order valence-electron chi connectivity index (χ4n) is 1.94. The molecule has 110 valence electrons. The third kappa shape index (κ3) is 4.09. The Morgan fingerprint density at radius 2 is 1.95 bits per heavy atom. The van der Waals surface area contributed by atoms with Crippen molar-refractivity contribution in [2.24, 2.45) is 0 Å². The van der Waals surface area contributed by atoms with Gasteiger partial charge in [-0.3, -0.25) is 0 Å². The summed E-state index contributed by atoms with van der Waals surface area (Å²) in [4.78, 5) is 0. The molecule has 2 rings (SSSR count). The molecular weight excluding hydrogens is 406 g/mol. The van der Waals surface area contributed by atoms with Crippen LogP contribution in [0.3, 0.4) is 0 Å². The Balaban J connectivity index is 2.53. The molecule has 2 aromatic rings. The molecule has 0 saturated carbocycles. The molecule has 2 nitrogen and oxygen atoms in total. The molecule has 0 unspecified atom stereocenters. The van der Waals surface area contributed by atoms with Crippen molar-refractivity contribution in [1.82, 2.24) is 0 Å². The molecule has 22 heavy (non-hydrogen) atoms. The van der Waals surface area contributed by atoms with E-state index in [0.717, 1.165) is 20.1 Å². The summed E-state index contributed by atoms with van der Waals surface area (Å²) in [5.74, 6) is 0.687. The predicted octanol–water partition coefficient (Wildman–Crippen LogP) is 5.84. The highest BCUT2D eigenvalue weighted by molar-refractivity contribution is 9.11. The van der Waals surface area contributed by atoms with Crippen LogP contribution in [0.1, 0.15) is 11.1 Å². The zero-order valence-electron chi connectivity index (χ0n) is 11.7. The Morgan fingerprint density at radius 1 is 1.23 bits per heavy atom. The second-order valence-corrected chi connectivity index (χ2v) is 6.21. The summed E-state index contributed by atoms with van der Waals surface area (Å²) < 4.78 is 7.44. The van der Waals surface area contributed by atoms with Gasteiger partial charge in [0.2, 0.25) is 0 Å². The second kappa shape index (κ2) is 7.98. The number of rotatable bonds is 5. The van der Waals surface area contributed by atoms with Gasteiger partial charge < -0.3 is 4.74 Å². The smallest absolute Gasteiger partial charge is 0.141 e. The molecule has 0 aliphatic rings. The molecule has 0 radical (unpaired) electrons. The van der Waals surface area contributed by atoms with Gasteiger partial charge in [-0.15, -0.1) is 0 Å². The Labute approximate surface area is 147 Å². The van der Waals surface area contributed by atoms with Crippen LogP contribution in [0.15, 0.2) is 64.1 Å². The van der Waals surface area contributed by atoms with Crippen LogP contribution >= 0.6 is 31.9 Å². The Hall–Kier alpha value is -1.83. The quantitative estimate of drug-likeness (QED) is 0.347. The Bertz CT molecular complexity index is 746. The highest BCUT2D eigenvalue weighted by atomic mass is 79.9. The van der Waals surface area contributed by atoms with Crippen LogP contribution in [0.25, 0.3) is 11.6 Å². The lowest BCUT2D eigenvalue weighted by molar-refractivity contribution is 0.360. The van der Waals surface area contributed by atoms with Crippen molar-refractivity contribution >= 4 is 43.5 Å². The van der Waals surface area contributed by atoms with Gasteiger partial charge >= 0.3 is 0 Å². The van der Waals surface area contributed by atoms with Crippen LogP contribution in [0.4, 0.5) is 0 Å². The molecule has 0 aliphatic heterocycles. The number of benzene rings is 2. The van der Waals surface area contributed by atoms with Crippen LogP contribution in [-0.4, -0.2) is 6.61 Å².